The summed E-state index contributed by atoms with van der Waals surface area (Å²) in [6, 6.07) is 23.1. The number of nitrogens with zero attached hydrogens (tertiary/aromatic N) is 3. The Hall–Kier alpha value is -3.82. The summed E-state index contributed by atoms with van der Waals surface area (Å²) in [6.07, 6.45) is 0. The van der Waals surface area contributed by atoms with Crippen LogP contribution in [0.3, 0.4) is 0 Å². The summed E-state index contributed by atoms with van der Waals surface area (Å²) in [4.78, 5) is 31.2. The van der Waals surface area contributed by atoms with Crippen molar-refractivity contribution >= 4 is 44.1 Å². The molecule has 0 saturated heterocycles. The molecule has 0 bridgehead atoms. The number of ketones is 1. The zero-order valence-electron chi connectivity index (χ0n) is 15.5. The van der Waals surface area contributed by atoms with Crippen LogP contribution in [0.2, 0.25) is 0 Å². The van der Waals surface area contributed by atoms with Gasteiger partial charge in [-0.2, -0.15) is 5.26 Å². The van der Waals surface area contributed by atoms with E-state index in [1.165, 1.54) is 23.2 Å². The average molecular weight is 397 g/mol. The van der Waals surface area contributed by atoms with Gasteiger partial charge < -0.3 is 0 Å². The minimum atomic E-state index is -0.260. The minimum Gasteiger partial charge on any atom is -0.295 e. The fourth-order valence-electron chi connectivity index (χ4n) is 2.93. The minimum absolute atomic E-state index is 0.0403. The van der Waals surface area contributed by atoms with Crippen molar-refractivity contribution in [2.45, 2.75) is 6.92 Å². The number of anilines is 2. The molecule has 4 aromatic rings. The summed E-state index contributed by atoms with van der Waals surface area (Å²) >= 11 is 1.42. The maximum Gasteiger partial charge on any atom is 0.264 e. The van der Waals surface area contributed by atoms with E-state index in [1.54, 1.807) is 48.5 Å². The first kappa shape index (κ1) is 18.5. The molecule has 0 N–H and O–H groups in total. The van der Waals surface area contributed by atoms with Gasteiger partial charge in [-0.25, -0.2) is 4.98 Å². The Bertz CT molecular complexity index is 1220. The predicted molar refractivity (Wildman–Crippen MR) is 114 cm³/mol. The van der Waals surface area contributed by atoms with Crippen molar-refractivity contribution in [1.82, 2.24) is 4.98 Å². The van der Waals surface area contributed by atoms with E-state index in [9.17, 15) is 9.59 Å². The smallest absolute Gasteiger partial charge is 0.264 e. The number of thiazole rings is 1. The lowest BCUT2D eigenvalue weighted by Gasteiger charge is -2.20. The maximum atomic E-state index is 13.4. The number of amides is 1. The fourth-order valence-corrected chi connectivity index (χ4v) is 3.92. The van der Waals surface area contributed by atoms with Crippen LogP contribution in [0, 0.1) is 11.3 Å². The molecule has 1 aromatic heterocycles. The predicted octanol–water partition coefficient (Wildman–Crippen LogP) is 5.35. The maximum absolute atomic E-state index is 13.4. The number of hydrogen-bond acceptors (Lipinski definition) is 5. The van der Waals surface area contributed by atoms with Gasteiger partial charge in [0.25, 0.3) is 5.91 Å². The van der Waals surface area contributed by atoms with E-state index in [-0.39, 0.29) is 11.7 Å². The second kappa shape index (κ2) is 7.66. The number of fused-ring (bicyclic) bond motifs is 1. The highest BCUT2D eigenvalue weighted by molar-refractivity contribution is 7.22. The van der Waals surface area contributed by atoms with Crippen molar-refractivity contribution in [2.75, 3.05) is 4.90 Å². The van der Waals surface area contributed by atoms with Gasteiger partial charge in [-0.1, -0.05) is 23.5 Å². The van der Waals surface area contributed by atoms with Crippen LogP contribution >= 0.6 is 11.3 Å². The van der Waals surface area contributed by atoms with E-state index in [0.29, 0.717) is 27.5 Å². The fraction of sp³-hybridized carbons (Fsp3) is 0.0435. The van der Waals surface area contributed by atoms with Gasteiger partial charge in [-0.3, -0.25) is 14.5 Å². The summed E-state index contributed by atoms with van der Waals surface area (Å²) in [6.45, 7) is 1.50. The van der Waals surface area contributed by atoms with E-state index >= 15 is 0 Å². The Morgan fingerprint density at radius 2 is 1.59 bits per heavy atom. The Morgan fingerprint density at radius 1 is 0.931 bits per heavy atom. The molecule has 140 valence electrons. The van der Waals surface area contributed by atoms with Crippen LogP contribution in [-0.2, 0) is 0 Å². The van der Waals surface area contributed by atoms with Crippen molar-refractivity contribution < 1.29 is 9.59 Å². The van der Waals surface area contributed by atoms with Gasteiger partial charge in [-0.15, -0.1) is 0 Å². The number of nitriles is 1. The summed E-state index contributed by atoms with van der Waals surface area (Å²) in [7, 11) is 0. The topological polar surface area (TPSA) is 74.1 Å². The summed E-state index contributed by atoms with van der Waals surface area (Å²) in [5.41, 5.74) is 2.93. The van der Waals surface area contributed by atoms with Crippen molar-refractivity contribution in [3.05, 3.63) is 89.5 Å². The molecule has 0 spiro atoms. The Balaban J connectivity index is 1.82. The van der Waals surface area contributed by atoms with Crippen LogP contribution < -0.4 is 4.90 Å². The van der Waals surface area contributed by atoms with Gasteiger partial charge in [0.05, 0.1) is 27.5 Å². The molecule has 0 aliphatic heterocycles. The first-order valence-corrected chi connectivity index (χ1v) is 9.69. The van der Waals surface area contributed by atoms with E-state index < -0.39 is 0 Å². The van der Waals surface area contributed by atoms with E-state index in [1.807, 2.05) is 24.3 Å². The van der Waals surface area contributed by atoms with Crippen LogP contribution in [-0.4, -0.2) is 16.7 Å². The standard InChI is InChI=1S/C23H15N3O2S/c1-15(27)17-10-12-19(13-11-17)26(22(28)18-8-6-16(14-24)7-9-18)23-25-20-4-2-3-5-21(20)29-23/h2-13H,1H3. The summed E-state index contributed by atoms with van der Waals surface area (Å²) < 4.78 is 0.973. The van der Waals surface area contributed by atoms with Gasteiger partial charge in [0.15, 0.2) is 10.9 Å². The van der Waals surface area contributed by atoms with Crippen LogP contribution in [0.1, 0.15) is 33.2 Å². The lowest BCUT2D eigenvalue weighted by Crippen LogP contribution is -2.25. The Morgan fingerprint density at radius 3 is 2.21 bits per heavy atom. The monoisotopic (exact) mass is 397 g/mol. The average Bonchev–Trinajstić information content (AvgIpc) is 3.18. The van der Waals surface area contributed by atoms with Gasteiger partial charge in [0, 0.05) is 11.1 Å². The second-order valence-electron chi connectivity index (χ2n) is 6.40. The van der Waals surface area contributed by atoms with Gasteiger partial charge in [0.2, 0.25) is 0 Å². The third-order valence-corrected chi connectivity index (χ3v) is 5.49. The highest BCUT2D eigenvalue weighted by Gasteiger charge is 2.23. The lowest BCUT2D eigenvalue weighted by molar-refractivity contribution is 0.0996. The number of benzene rings is 3. The molecule has 0 aliphatic rings. The summed E-state index contributed by atoms with van der Waals surface area (Å²) in [5, 5.41) is 9.54. The number of aromatic nitrogens is 1. The van der Waals surface area contributed by atoms with Crippen LogP contribution in [0.25, 0.3) is 10.2 Å². The quantitative estimate of drug-likeness (QED) is 0.435. The molecule has 1 heterocycles. The van der Waals surface area contributed by atoms with Crippen LogP contribution in [0.15, 0.2) is 72.8 Å². The number of hydrogen-bond donors (Lipinski definition) is 0. The van der Waals surface area contributed by atoms with E-state index in [0.717, 1.165) is 10.2 Å². The number of rotatable bonds is 4. The number of carbonyl (C=O) groups excluding carboxylic acids is 2. The zero-order valence-corrected chi connectivity index (χ0v) is 16.3. The van der Waals surface area contributed by atoms with Crippen molar-refractivity contribution in [3.63, 3.8) is 0 Å². The number of Topliss-reactive ketones (excluding diaryl/α,β-unsaturated/α-hetero) is 1. The number of para-hydroxylation sites is 1. The van der Waals surface area contributed by atoms with Gasteiger partial charge >= 0.3 is 0 Å². The molecule has 0 radical (unpaired) electrons. The molecule has 0 aliphatic carbocycles. The molecule has 0 saturated carbocycles. The van der Waals surface area contributed by atoms with Crippen LogP contribution in [0.4, 0.5) is 10.8 Å². The molecule has 3 aromatic carbocycles. The largest absolute Gasteiger partial charge is 0.295 e. The molecule has 0 fully saturated rings. The van der Waals surface area contributed by atoms with E-state index in [4.69, 9.17) is 5.26 Å². The highest BCUT2D eigenvalue weighted by Crippen LogP contribution is 2.34. The van der Waals surface area contributed by atoms with E-state index in [2.05, 4.69) is 11.1 Å². The lowest BCUT2D eigenvalue weighted by atomic mass is 10.1. The Kier molecular flexibility index (Phi) is 4.90. The number of carbonyl (C=O) groups is 2. The van der Waals surface area contributed by atoms with Crippen molar-refractivity contribution in [3.8, 4) is 6.07 Å². The molecule has 0 atom stereocenters. The summed E-state index contributed by atoms with van der Waals surface area (Å²) in [5.74, 6) is -0.300. The second-order valence-corrected chi connectivity index (χ2v) is 7.41. The third-order valence-electron chi connectivity index (χ3n) is 4.47. The van der Waals surface area contributed by atoms with Crippen molar-refractivity contribution in [2.24, 2.45) is 0 Å². The molecule has 6 heteroatoms. The highest BCUT2D eigenvalue weighted by atomic mass is 32.1. The molecule has 4 rings (SSSR count). The normalized spacial score (nSPS) is 10.5. The first-order valence-electron chi connectivity index (χ1n) is 8.88. The first-order chi connectivity index (χ1) is 14.1. The molecule has 5 nitrogen and oxygen atoms in total. The molecular weight excluding hydrogens is 382 g/mol. The van der Waals surface area contributed by atoms with Gasteiger partial charge in [-0.05, 0) is 67.6 Å². The molecular formula is C23H15N3O2S. The SMILES string of the molecule is CC(=O)c1ccc(N(C(=O)c2ccc(C#N)cc2)c2nc3ccccc3s2)cc1. The Labute approximate surface area is 171 Å². The third kappa shape index (κ3) is 3.64. The molecule has 29 heavy (non-hydrogen) atoms. The van der Waals surface area contributed by atoms with Gasteiger partial charge in [0.1, 0.15) is 0 Å². The molecule has 1 amide bonds. The van der Waals surface area contributed by atoms with Crippen LogP contribution in [0.5, 0.6) is 0 Å². The van der Waals surface area contributed by atoms with Crippen molar-refractivity contribution in [1.29, 1.82) is 5.26 Å². The zero-order chi connectivity index (χ0) is 20.4. The molecule has 0 unspecified atom stereocenters.